The highest BCUT2D eigenvalue weighted by molar-refractivity contribution is 9.11. The zero-order valence-corrected chi connectivity index (χ0v) is 10.2. The van der Waals surface area contributed by atoms with Crippen molar-refractivity contribution in [1.82, 2.24) is 15.0 Å². The Balaban J connectivity index is 2.53. The van der Waals surface area contributed by atoms with E-state index in [-0.39, 0.29) is 0 Å². The van der Waals surface area contributed by atoms with Crippen molar-refractivity contribution in [2.24, 2.45) is 0 Å². The third-order valence-electron chi connectivity index (χ3n) is 1.29. The van der Waals surface area contributed by atoms with Crippen molar-refractivity contribution in [1.29, 1.82) is 0 Å². The normalized spacial score (nSPS) is 10.3. The fourth-order valence-corrected chi connectivity index (χ4v) is 2.47. The van der Waals surface area contributed by atoms with E-state index in [1.165, 1.54) is 11.3 Å². The minimum Gasteiger partial charge on any atom is -0.241 e. The third kappa shape index (κ3) is 2.12. The first-order chi connectivity index (χ1) is 6.25. The summed E-state index contributed by atoms with van der Waals surface area (Å²) in [6, 6.07) is 1.79. The summed E-state index contributed by atoms with van der Waals surface area (Å²) in [5, 5.41) is 2.72. The molecular weight excluding hydrogens is 318 g/mol. The van der Waals surface area contributed by atoms with E-state index in [9.17, 15) is 0 Å². The van der Waals surface area contributed by atoms with Gasteiger partial charge in [0.05, 0.1) is 0 Å². The molecule has 0 atom stereocenters. The van der Waals surface area contributed by atoms with E-state index in [1.807, 2.05) is 5.38 Å². The van der Waals surface area contributed by atoms with E-state index in [1.54, 1.807) is 12.3 Å². The topological polar surface area (TPSA) is 38.7 Å². The van der Waals surface area contributed by atoms with E-state index in [2.05, 4.69) is 46.8 Å². The van der Waals surface area contributed by atoms with Crippen LogP contribution in [-0.2, 0) is 0 Å². The van der Waals surface area contributed by atoms with E-state index in [0.29, 0.717) is 5.82 Å². The van der Waals surface area contributed by atoms with Crippen LogP contribution >= 0.6 is 43.2 Å². The smallest absolute Gasteiger partial charge is 0.190 e. The van der Waals surface area contributed by atoms with Crippen LogP contribution in [0.4, 0.5) is 0 Å². The van der Waals surface area contributed by atoms with Gasteiger partial charge < -0.3 is 0 Å². The average Bonchev–Trinajstić information content (AvgIpc) is 2.53. The molecule has 0 spiro atoms. The Hall–Kier alpha value is -0.330. The first-order valence-electron chi connectivity index (χ1n) is 3.35. The van der Waals surface area contributed by atoms with Crippen molar-refractivity contribution in [3.8, 4) is 10.8 Å². The number of nitrogens with zero attached hydrogens (tertiary/aromatic N) is 3. The van der Waals surface area contributed by atoms with Gasteiger partial charge in [0.15, 0.2) is 10.8 Å². The monoisotopic (exact) mass is 319 g/mol. The molecule has 2 aromatic rings. The van der Waals surface area contributed by atoms with Crippen LogP contribution in [0.5, 0.6) is 0 Å². The summed E-state index contributed by atoms with van der Waals surface area (Å²) >= 11 is 8.10. The van der Waals surface area contributed by atoms with Crippen molar-refractivity contribution in [2.45, 2.75) is 0 Å². The Kier molecular flexibility index (Phi) is 2.71. The predicted octanol–water partition coefficient (Wildman–Crippen LogP) is 3.13. The summed E-state index contributed by atoms with van der Waals surface area (Å²) in [5.41, 5.74) is 0. The van der Waals surface area contributed by atoms with E-state index < -0.39 is 0 Å². The van der Waals surface area contributed by atoms with Gasteiger partial charge in [-0.1, -0.05) is 0 Å². The molecule has 2 heterocycles. The lowest BCUT2D eigenvalue weighted by Crippen LogP contribution is -1.89. The molecule has 2 rings (SSSR count). The Morgan fingerprint density at radius 2 is 1.85 bits per heavy atom. The first-order valence-corrected chi connectivity index (χ1v) is 5.82. The van der Waals surface area contributed by atoms with Crippen molar-refractivity contribution in [3.05, 3.63) is 26.8 Å². The molecule has 0 bridgehead atoms. The molecule has 0 aliphatic carbocycles. The Labute approximate surface area is 95.5 Å². The minimum atomic E-state index is 0.635. The first kappa shape index (κ1) is 9.23. The van der Waals surface area contributed by atoms with Gasteiger partial charge in [0, 0.05) is 17.6 Å². The molecule has 2 aromatic heterocycles. The highest BCUT2D eigenvalue weighted by Crippen LogP contribution is 2.22. The average molecular weight is 321 g/mol. The Morgan fingerprint density at radius 1 is 1.15 bits per heavy atom. The number of thiazole rings is 1. The molecule has 0 saturated carbocycles. The van der Waals surface area contributed by atoms with Crippen LogP contribution in [0, 0.1) is 0 Å². The maximum atomic E-state index is 4.20. The summed E-state index contributed by atoms with van der Waals surface area (Å²) in [4.78, 5) is 12.5. The summed E-state index contributed by atoms with van der Waals surface area (Å²) in [6.45, 7) is 0. The molecule has 0 radical (unpaired) electrons. The van der Waals surface area contributed by atoms with Gasteiger partial charge in [-0.05, 0) is 31.9 Å². The molecule has 0 aliphatic rings. The van der Waals surface area contributed by atoms with Crippen LogP contribution in [0.2, 0.25) is 0 Å². The molecule has 0 saturated heterocycles. The standard InChI is InChI=1S/C7H3Br2N3S/c8-4-3-5(9)12-6(11-4)7-10-1-2-13-7/h1-3H. The maximum absolute atomic E-state index is 4.20. The number of rotatable bonds is 1. The van der Waals surface area contributed by atoms with Crippen molar-refractivity contribution in [3.63, 3.8) is 0 Å². The van der Waals surface area contributed by atoms with Crippen LogP contribution in [-0.4, -0.2) is 15.0 Å². The van der Waals surface area contributed by atoms with E-state index in [0.717, 1.165) is 14.2 Å². The van der Waals surface area contributed by atoms with Crippen LogP contribution in [0.1, 0.15) is 0 Å². The van der Waals surface area contributed by atoms with Crippen molar-refractivity contribution in [2.75, 3.05) is 0 Å². The maximum Gasteiger partial charge on any atom is 0.190 e. The largest absolute Gasteiger partial charge is 0.241 e. The molecule has 3 nitrogen and oxygen atoms in total. The van der Waals surface area contributed by atoms with Crippen molar-refractivity contribution >= 4 is 43.2 Å². The lowest BCUT2D eigenvalue weighted by atomic mass is 10.6. The third-order valence-corrected chi connectivity index (χ3v) is 2.87. The van der Waals surface area contributed by atoms with Gasteiger partial charge in [0.2, 0.25) is 0 Å². The number of halogens is 2. The van der Waals surface area contributed by atoms with Crippen LogP contribution < -0.4 is 0 Å². The van der Waals surface area contributed by atoms with E-state index >= 15 is 0 Å². The van der Waals surface area contributed by atoms with Crippen LogP contribution in [0.25, 0.3) is 10.8 Å². The molecular formula is C7H3Br2N3S. The zero-order valence-electron chi connectivity index (χ0n) is 6.24. The van der Waals surface area contributed by atoms with Crippen LogP contribution in [0.3, 0.4) is 0 Å². The highest BCUT2D eigenvalue weighted by atomic mass is 79.9. The van der Waals surface area contributed by atoms with E-state index in [4.69, 9.17) is 0 Å². The number of aromatic nitrogens is 3. The molecule has 66 valence electrons. The van der Waals surface area contributed by atoms with Gasteiger partial charge in [-0.15, -0.1) is 11.3 Å². The lowest BCUT2D eigenvalue weighted by Gasteiger charge is -1.96. The van der Waals surface area contributed by atoms with Gasteiger partial charge in [0.1, 0.15) is 9.21 Å². The Morgan fingerprint density at radius 3 is 2.38 bits per heavy atom. The summed E-state index contributed by atoms with van der Waals surface area (Å²) in [6.07, 6.45) is 1.73. The highest BCUT2D eigenvalue weighted by Gasteiger charge is 2.05. The second-order valence-electron chi connectivity index (χ2n) is 2.17. The van der Waals surface area contributed by atoms with Gasteiger partial charge >= 0.3 is 0 Å². The molecule has 0 fully saturated rings. The molecule has 0 amide bonds. The lowest BCUT2D eigenvalue weighted by molar-refractivity contribution is 1.11. The predicted molar refractivity (Wildman–Crippen MR) is 58.5 cm³/mol. The van der Waals surface area contributed by atoms with Crippen molar-refractivity contribution < 1.29 is 0 Å². The summed E-state index contributed by atoms with van der Waals surface area (Å²) < 4.78 is 1.50. The Bertz CT molecular complexity index is 395. The molecule has 0 unspecified atom stereocenters. The molecule has 0 aliphatic heterocycles. The summed E-state index contributed by atoms with van der Waals surface area (Å²) in [7, 11) is 0. The zero-order chi connectivity index (χ0) is 9.26. The number of hydrogen-bond acceptors (Lipinski definition) is 4. The quantitative estimate of drug-likeness (QED) is 0.758. The second kappa shape index (κ2) is 3.81. The fourth-order valence-electron chi connectivity index (χ4n) is 0.820. The van der Waals surface area contributed by atoms with Crippen LogP contribution in [0.15, 0.2) is 26.8 Å². The molecule has 13 heavy (non-hydrogen) atoms. The fraction of sp³-hybridized carbons (Fsp3) is 0. The van der Waals surface area contributed by atoms with Gasteiger partial charge in [-0.25, -0.2) is 15.0 Å². The number of hydrogen-bond donors (Lipinski definition) is 0. The van der Waals surface area contributed by atoms with Gasteiger partial charge in [0.25, 0.3) is 0 Å². The second-order valence-corrected chi connectivity index (χ2v) is 4.69. The molecule has 0 N–H and O–H groups in total. The molecule has 6 heteroatoms. The summed E-state index contributed by atoms with van der Waals surface area (Å²) in [5.74, 6) is 0.635. The van der Waals surface area contributed by atoms with Gasteiger partial charge in [-0.2, -0.15) is 0 Å². The van der Waals surface area contributed by atoms with Gasteiger partial charge in [-0.3, -0.25) is 0 Å². The SMILES string of the molecule is Brc1cc(Br)nc(-c2nccs2)n1. The molecule has 0 aromatic carbocycles. The minimum absolute atomic E-state index is 0.635.